The van der Waals surface area contributed by atoms with Gasteiger partial charge in [-0.1, -0.05) is 6.07 Å². The molecule has 1 aliphatic rings. The molecule has 1 fully saturated rings. The Morgan fingerprint density at radius 1 is 1.38 bits per heavy atom. The predicted molar refractivity (Wildman–Crippen MR) is 83.3 cm³/mol. The Labute approximate surface area is 125 Å². The van der Waals surface area contributed by atoms with Crippen molar-refractivity contribution in [3.05, 3.63) is 29.8 Å². The summed E-state index contributed by atoms with van der Waals surface area (Å²) in [4.78, 5) is 23.9. The van der Waals surface area contributed by atoms with E-state index in [4.69, 9.17) is 0 Å². The molecule has 2 amide bonds. The molecule has 1 aromatic carbocycles. The molecule has 1 atom stereocenters. The van der Waals surface area contributed by atoms with E-state index in [1.54, 1.807) is 24.3 Å². The number of carbonyl (C=O) groups is 2. The van der Waals surface area contributed by atoms with Gasteiger partial charge in [0.05, 0.1) is 0 Å². The molecule has 1 saturated heterocycles. The molecule has 1 aliphatic heterocycles. The molecule has 5 heteroatoms. The molecule has 5 nitrogen and oxygen atoms in total. The Morgan fingerprint density at radius 3 is 2.86 bits per heavy atom. The fourth-order valence-corrected chi connectivity index (χ4v) is 2.45. The van der Waals surface area contributed by atoms with Crippen LogP contribution in [0.25, 0.3) is 0 Å². The first-order valence-electron chi connectivity index (χ1n) is 7.49. The van der Waals surface area contributed by atoms with E-state index in [9.17, 15) is 9.59 Å². The number of hydrogen-bond acceptors (Lipinski definition) is 3. The number of anilines is 1. The third-order valence-electron chi connectivity index (χ3n) is 3.42. The minimum Gasteiger partial charge on any atom is -0.350 e. The summed E-state index contributed by atoms with van der Waals surface area (Å²) in [5.41, 5.74) is 1.22. The molecular formula is C16H23N3O2. The highest BCUT2D eigenvalue weighted by Crippen LogP contribution is 2.13. The number of hydrogen-bond donors (Lipinski definition) is 3. The number of carbonyl (C=O) groups excluding carboxylic acids is 2. The molecule has 3 N–H and O–H groups in total. The Balaban J connectivity index is 1.93. The first-order chi connectivity index (χ1) is 10.0. The number of benzene rings is 1. The van der Waals surface area contributed by atoms with Gasteiger partial charge in [0.2, 0.25) is 5.91 Å². The Hall–Kier alpha value is -1.88. The van der Waals surface area contributed by atoms with Crippen molar-refractivity contribution in [2.75, 3.05) is 11.9 Å². The third kappa shape index (κ3) is 4.86. The van der Waals surface area contributed by atoms with Gasteiger partial charge < -0.3 is 16.0 Å². The summed E-state index contributed by atoms with van der Waals surface area (Å²) in [6, 6.07) is 7.38. The predicted octanol–water partition coefficient (Wildman–Crippen LogP) is 1.91. The summed E-state index contributed by atoms with van der Waals surface area (Å²) in [5, 5.41) is 8.99. The fraction of sp³-hybridized carbons (Fsp3) is 0.500. The SMILES string of the molecule is CC(C)NC(=O)c1cccc(NC(=O)CC2CCCN2)c1. The van der Waals surface area contributed by atoms with Crippen LogP contribution in [0.15, 0.2) is 24.3 Å². The van der Waals surface area contributed by atoms with E-state index in [0.29, 0.717) is 17.7 Å². The van der Waals surface area contributed by atoms with Crippen LogP contribution in [0.4, 0.5) is 5.69 Å². The van der Waals surface area contributed by atoms with Crippen molar-refractivity contribution in [2.45, 2.75) is 45.2 Å². The average molecular weight is 289 g/mol. The maximum atomic E-state index is 12.0. The zero-order valence-electron chi connectivity index (χ0n) is 12.6. The van der Waals surface area contributed by atoms with Crippen molar-refractivity contribution in [3.8, 4) is 0 Å². The van der Waals surface area contributed by atoms with Gasteiger partial charge >= 0.3 is 0 Å². The zero-order chi connectivity index (χ0) is 15.2. The summed E-state index contributed by atoms with van der Waals surface area (Å²) in [5.74, 6) is -0.144. The molecule has 0 spiro atoms. The van der Waals surface area contributed by atoms with Gasteiger partial charge in [0, 0.05) is 29.8 Å². The smallest absolute Gasteiger partial charge is 0.251 e. The molecule has 0 bridgehead atoms. The number of nitrogens with one attached hydrogen (secondary N) is 3. The molecule has 1 aromatic rings. The van der Waals surface area contributed by atoms with E-state index in [-0.39, 0.29) is 23.9 Å². The Bertz CT molecular complexity index is 508. The lowest BCUT2D eigenvalue weighted by atomic mass is 10.1. The normalized spacial score (nSPS) is 17.8. The molecular weight excluding hydrogens is 266 g/mol. The maximum Gasteiger partial charge on any atom is 0.251 e. The van der Waals surface area contributed by atoms with Crippen LogP contribution in [0.5, 0.6) is 0 Å². The van der Waals surface area contributed by atoms with E-state index >= 15 is 0 Å². The first kappa shape index (κ1) is 15.5. The van der Waals surface area contributed by atoms with Gasteiger partial charge in [-0.15, -0.1) is 0 Å². The van der Waals surface area contributed by atoms with Gasteiger partial charge in [-0.3, -0.25) is 9.59 Å². The van der Waals surface area contributed by atoms with Crippen molar-refractivity contribution in [3.63, 3.8) is 0 Å². The molecule has 0 aromatic heterocycles. The lowest BCUT2D eigenvalue weighted by molar-refractivity contribution is -0.116. The van der Waals surface area contributed by atoms with Crippen LogP contribution in [0.3, 0.4) is 0 Å². The lowest BCUT2D eigenvalue weighted by Gasteiger charge is -2.12. The van der Waals surface area contributed by atoms with Gasteiger partial charge in [0.25, 0.3) is 5.91 Å². The van der Waals surface area contributed by atoms with Gasteiger partial charge in [0.1, 0.15) is 0 Å². The van der Waals surface area contributed by atoms with E-state index in [2.05, 4.69) is 16.0 Å². The van der Waals surface area contributed by atoms with Crippen LogP contribution in [-0.2, 0) is 4.79 Å². The maximum absolute atomic E-state index is 12.0. The number of rotatable bonds is 5. The molecule has 0 aliphatic carbocycles. The van der Waals surface area contributed by atoms with Crippen molar-refractivity contribution in [1.29, 1.82) is 0 Å². The quantitative estimate of drug-likeness (QED) is 0.775. The summed E-state index contributed by atoms with van der Waals surface area (Å²) in [7, 11) is 0. The van der Waals surface area contributed by atoms with Crippen LogP contribution >= 0.6 is 0 Å². The van der Waals surface area contributed by atoms with Crippen molar-refractivity contribution in [1.82, 2.24) is 10.6 Å². The second-order valence-corrected chi connectivity index (χ2v) is 5.75. The van der Waals surface area contributed by atoms with Gasteiger partial charge in [0.15, 0.2) is 0 Å². The van der Waals surface area contributed by atoms with Crippen molar-refractivity contribution >= 4 is 17.5 Å². The number of amides is 2. The molecule has 2 rings (SSSR count). The van der Waals surface area contributed by atoms with E-state index in [1.165, 1.54) is 0 Å². The lowest BCUT2D eigenvalue weighted by Crippen LogP contribution is -2.30. The zero-order valence-corrected chi connectivity index (χ0v) is 12.6. The standard InChI is InChI=1S/C16H23N3O2/c1-11(2)18-16(21)12-5-3-6-14(9-12)19-15(20)10-13-7-4-8-17-13/h3,5-6,9,11,13,17H,4,7-8,10H2,1-2H3,(H,18,21)(H,19,20). The molecule has 21 heavy (non-hydrogen) atoms. The van der Waals surface area contributed by atoms with E-state index in [0.717, 1.165) is 19.4 Å². The van der Waals surface area contributed by atoms with E-state index in [1.807, 2.05) is 13.8 Å². The fourth-order valence-electron chi connectivity index (χ4n) is 2.45. The molecule has 1 unspecified atom stereocenters. The summed E-state index contributed by atoms with van der Waals surface area (Å²) < 4.78 is 0. The molecule has 0 radical (unpaired) electrons. The minimum absolute atomic E-state index is 0.0178. The highest BCUT2D eigenvalue weighted by Gasteiger charge is 2.17. The summed E-state index contributed by atoms with van der Waals surface area (Å²) >= 11 is 0. The topological polar surface area (TPSA) is 70.2 Å². The van der Waals surface area contributed by atoms with Gasteiger partial charge in [-0.05, 0) is 51.4 Å². The van der Waals surface area contributed by atoms with Crippen LogP contribution < -0.4 is 16.0 Å². The second kappa shape index (κ2) is 7.22. The molecule has 1 heterocycles. The Morgan fingerprint density at radius 2 is 2.19 bits per heavy atom. The first-order valence-corrected chi connectivity index (χ1v) is 7.49. The average Bonchev–Trinajstić information content (AvgIpc) is 2.91. The van der Waals surface area contributed by atoms with Gasteiger partial charge in [-0.25, -0.2) is 0 Å². The van der Waals surface area contributed by atoms with Gasteiger partial charge in [-0.2, -0.15) is 0 Å². The van der Waals surface area contributed by atoms with Crippen molar-refractivity contribution in [2.24, 2.45) is 0 Å². The molecule has 114 valence electrons. The van der Waals surface area contributed by atoms with Crippen LogP contribution in [0, 0.1) is 0 Å². The highest BCUT2D eigenvalue weighted by atomic mass is 16.2. The highest BCUT2D eigenvalue weighted by molar-refractivity contribution is 5.97. The van der Waals surface area contributed by atoms with E-state index < -0.39 is 0 Å². The van der Waals surface area contributed by atoms with Crippen LogP contribution in [0.1, 0.15) is 43.5 Å². The molecule has 0 saturated carbocycles. The summed E-state index contributed by atoms with van der Waals surface area (Å²) in [6.45, 7) is 4.82. The van der Waals surface area contributed by atoms with Crippen LogP contribution in [-0.4, -0.2) is 30.4 Å². The largest absolute Gasteiger partial charge is 0.350 e. The Kier molecular flexibility index (Phi) is 5.33. The van der Waals surface area contributed by atoms with Crippen LogP contribution in [0.2, 0.25) is 0 Å². The van der Waals surface area contributed by atoms with Crippen molar-refractivity contribution < 1.29 is 9.59 Å². The minimum atomic E-state index is -0.126. The third-order valence-corrected chi connectivity index (χ3v) is 3.42. The monoisotopic (exact) mass is 289 g/mol. The summed E-state index contributed by atoms with van der Waals surface area (Å²) in [6.07, 6.45) is 2.65. The second-order valence-electron chi connectivity index (χ2n) is 5.75.